The lowest BCUT2D eigenvalue weighted by Gasteiger charge is -2.30. The van der Waals surface area contributed by atoms with Crippen molar-refractivity contribution in [3.63, 3.8) is 0 Å². The van der Waals surface area contributed by atoms with Gasteiger partial charge in [-0.05, 0) is 30.9 Å². The quantitative estimate of drug-likeness (QED) is 0.778. The molecule has 1 saturated heterocycles. The van der Waals surface area contributed by atoms with Crippen LogP contribution in [-0.4, -0.2) is 30.5 Å². The van der Waals surface area contributed by atoms with E-state index in [0.29, 0.717) is 25.1 Å². The van der Waals surface area contributed by atoms with Gasteiger partial charge in [0.2, 0.25) is 0 Å². The second-order valence-electron chi connectivity index (χ2n) is 6.49. The van der Waals surface area contributed by atoms with E-state index in [2.05, 4.69) is 6.92 Å². The summed E-state index contributed by atoms with van der Waals surface area (Å²) in [5, 5.41) is -0.235. The van der Waals surface area contributed by atoms with Crippen LogP contribution >= 0.6 is 0 Å². The first-order chi connectivity index (χ1) is 12.2. The van der Waals surface area contributed by atoms with Crippen molar-refractivity contribution in [2.75, 3.05) is 19.7 Å². The van der Waals surface area contributed by atoms with Crippen molar-refractivity contribution in [1.82, 2.24) is 4.90 Å². The molecule has 1 aromatic carbocycles. The van der Waals surface area contributed by atoms with E-state index >= 15 is 0 Å². The van der Waals surface area contributed by atoms with Crippen LogP contribution in [0.3, 0.4) is 0 Å². The van der Waals surface area contributed by atoms with Gasteiger partial charge in [0.1, 0.15) is 11.3 Å². The molecule has 1 amide bonds. The molecule has 0 N–H and O–H groups in total. The van der Waals surface area contributed by atoms with Gasteiger partial charge in [0.25, 0.3) is 5.91 Å². The van der Waals surface area contributed by atoms with Crippen molar-refractivity contribution in [2.24, 2.45) is 5.92 Å². The number of rotatable bonds is 3. The SMILES string of the molecule is CC1CCN(C(=O)COc2ccc3c(C(F)(F)F)cc(=O)oc3c2)CC1. The first-order valence-corrected chi connectivity index (χ1v) is 8.30. The van der Waals surface area contributed by atoms with Crippen molar-refractivity contribution in [3.8, 4) is 5.75 Å². The molecule has 0 bridgehead atoms. The van der Waals surface area contributed by atoms with Crippen LogP contribution in [0.5, 0.6) is 5.75 Å². The van der Waals surface area contributed by atoms with Crippen molar-refractivity contribution in [1.29, 1.82) is 0 Å². The second kappa shape index (κ2) is 7.01. The number of carbonyl (C=O) groups excluding carboxylic acids is 1. The average molecular weight is 369 g/mol. The first kappa shape index (κ1) is 18.3. The summed E-state index contributed by atoms with van der Waals surface area (Å²) in [5.41, 5.74) is -2.39. The van der Waals surface area contributed by atoms with Gasteiger partial charge in [0, 0.05) is 30.6 Å². The molecule has 5 nitrogen and oxygen atoms in total. The summed E-state index contributed by atoms with van der Waals surface area (Å²) in [6.45, 7) is 3.26. The summed E-state index contributed by atoms with van der Waals surface area (Å²) in [5.74, 6) is 0.576. The molecule has 140 valence electrons. The van der Waals surface area contributed by atoms with Crippen LogP contribution in [0.4, 0.5) is 13.2 Å². The molecule has 26 heavy (non-hydrogen) atoms. The Hall–Kier alpha value is -2.51. The molecule has 1 aromatic heterocycles. The fraction of sp³-hybridized carbons (Fsp3) is 0.444. The molecule has 1 fully saturated rings. The van der Waals surface area contributed by atoms with Crippen LogP contribution in [0.1, 0.15) is 25.3 Å². The number of nitrogens with zero attached hydrogens (tertiary/aromatic N) is 1. The summed E-state index contributed by atoms with van der Waals surface area (Å²) in [4.78, 5) is 25.3. The normalized spacial score (nSPS) is 16.1. The molecule has 0 spiro atoms. The van der Waals surface area contributed by atoms with Crippen molar-refractivity contribution < 1.29 is 27.1 Å². The fourth-order valence-electron chi connectivity index (χ4n) is 2.96. The summed E-state index contributed by atoms with van der Waals surface area (Å²) < 4.78 is 49.3. The molecule has 0 aliphatic carbocycles. The second-order valence-corrected chi connectivity index (χ2v) is 6.49. The predicted molar refractivity (Wildman–Crippen MR) is 88.0 cm³/mol. The third kappa shape index (κ3) is 4.00. The zero-order valence-electron chi connectivity index (χ0n) is 14.1. The Balaban J connectivity index is 1.75. The average Bonchev–Trinajstić information content (AvgIpc) is 2.58. The molecule has 1 aliphatic heterocycles. The summed E-state index contributed by atoms with van der Waals surface area (Å²) in [6, 6.07) is 4.11. The third-order valence-corrected chi connectivity index (χ3v) is 4.52. The Kier molecular flexibility index (Phi) is 4.93. The summed E-state index contributed by atoms with van der Waals surface area (Å²) >= 11 is 0. The number of ether oxygens (including phenoxy) is 1. The molecular formula is C18H18F3NO4. The molecule has 3 rings (SSSR count). The maximum atomic E-state index is 13.0. The minimum atomic E-state index is -4.67. The van der Waals surface area contributed by atoms with Crippen molar-refractivity contribution >= 4 is 16.9 Å². The van der Waals surface area contributed by atoms with Gasteiger partial charge < -0.3 is 14.1 Å². The predicted octanol–water partition coefficient (Wildman–Crippen LogP) is 3.45. The van der Waals surface area contributed by atoms with E-state index in [1.807, 2.05) is 0 Å². The standard InChI is InChI=1S/C18H18F3NO4/c1-11-4-6-22(7-5-11)16(23)10-25-12-2-3-13-14(18(19,20)21)9-17(24)26-15(13)8-12/h2-3,8-9,11H,4-7,10H2,1H3. The van der Waals surface area contributed by atoms with Crippen LogP contribution in [-0.2, 0) is 11.0 Å². The number of hydrogen-bond acceptors (Lipinski definition) is 4. The number of hydrogen-bond donors (Lipinski definition) is 0. The van der Waals surface area contributed by atoms with Crippen LogP contribution < -0.4 is 10.4 Å². The number of carbonyl (C=O) groups is 1. The molecule has 0 unspecified atom stereocenters. The molecule has 0 radical (unpaired) electrons. The largest absolute Gasteiger partial charge is 0.484 e. The Bertz CT molecular complexity index is 867. The van der Waals surface area contributed by atoms with Gasteiger partial charge in [-0.3, -0.25) is 4.79 Å². The van der Waals surface area contributed by atoms with Gasteiger partial charge in [-0.2, -0.15) is 13.2 Å². The van der Waals surface area contributed by atoms with E-state index in [9.17, 15) is 22.8 Å². The molecule has 0 atom stereocenters. The van der Waals surface area contributed by atoms with E-state index in [1.165, 1.54) is 18.2 Å². The number of piperidine rings is 1. The van der Waals surface area contributed by atoms with E-state index in [0.717, 1.165) is 12.8 Å². The van der Waals surface area contributed by atoms with Crippen LogP contribution in [0.15, 0.2) is 33.5 Å². The van der Waals surface area contributed by atoms with E-state index < -0.39 is 17.4 Å². The highest BCUT2D eigenvalue weighted by atomic mass is 19.4. The van der Waals surface area contributed by atoms with Gasteiger partial charge in [0.15, 0.2) is 6.61 Å². The maximum absolute atomic E-state index is 13.0. The van der Waals surface area contributed by atoms with Gasteiger partial charge in [-0.25, -0.2) is 4.79 Å². The van der Waals surface area contributed by atoms with E-state index in [-0.39, 0.29) is 29.2 Å². The zero-order valence-corrected chi connectivity index (χ0v) is 14.1. The van der Waals surface area contributed by atoms with Crippen LogP contribution in [0, 0.1) is 5.92 Å². The Morgan fingerprint density at radius 2 is 1.96 bits per heavy atom. The van der Waals surface area contributed by atoms with Gasteiger partial charge >= 0.3 is 11.8 Å². The first-order valence-electron chi connectivity index (χ1n) is 8.30. The number of benzene rings is 1. The minimum Gasteiger partial charge on any atom is -0.484 e. The lowest BCUT2D eigenvalue weighted by atomic mass is 9.99. The lowest BCUT2D eigenvalue weighted by molar-refractivity contribution is -0.136. The Labute approximate surface area is 147 Å². The topological polar surface area (TPSA) is 59.8 Å². The van der Waals surface area contributed by atoms with Crippen LogP contribution in [0.25, 0.3) is 11.0 Å². The fourth-order valence-corrected chi connectivity index (χ4v) is 2.96. The number of fused-ring (bicyclic) bond motifs is 1. The highest BCUT2D eigenvalue weighted by Gasteiger charge is 2.33. The zero-order chi connectivity index (χ0) is 18.9. The lowest BCUT2D eigenvalue weighted by Crippen LogP contribution is -2.40. The van der Waals surface area contributed by atoms with E-state index in [4.69, 9.17) is 9.15 Å². The monoisotopic (exact) mass is 369 g/mol. The Morgan fingerprint density at radius 3 is 2.62 bits per heavy atom. The smallest absolute Gasteiger partial charge is 0.417 e. The minimum absolute atomic E-state index is 0.165. The number of alkyl halides is 3. The molecular weight excluding hydrogens is 351 g/mol. The van der Waals surface area contributed by atoms with Crippen molar-refractivity contribution in [2.45, 2.75) is 25.9 Å². The molecule has 0 saturated carbocycles. The number of halogens is 3. The Morgan fingerprint density at radius 1 is 1.27 bits per heavy atom. The maximum Gasteiger partial charge on any atom is 0.417 e. The molecule has 8 heteroatoms. The van der Waals surface area contributed by atoms with E-state index in [1.54, 1.807) is 4.90 Å². The molecule has 2 heterocycles. The van der Waals surface area contributed by atoms with Gasteiger partial charge in [-0.15, -0.1) is 0 Å². The number of likely N-dealkylation sites (tertiary alicyclic amines) is 1. The highest BCUT2D eigenvalue weighted by molar-refractivity contribution is 5.82. The van der Waals surface area contributed by atoms with Crippen molar-refractivity contribution in [3.05, 3.63) is 40.2 Å². The van der Waals surface area contributed by atoms with Crippen LogP contribution in [0.2, 0.25) is 0 Å². The van der Waals surface area contributed by atoms with Gasteiger partial charge in [-0.1, -0.05) is 6.92 Å². The molecule has 2 aromatic rings. The highest BCUT2D eigenvalue weighted by Crippen LogP contribution is 2.34. The van der Waals surface area contributed by atoms with Gasteiger partial charge in [0.05, 0.1) is 5.56 Å². The third-order valence-electron chi connectivity index (χ3n) is 4.52. The number of amides is 1. The molecule has 1 aliphatic rings. The summed E-state index contributed by atoms with van der Waals surface area (Å²) in [6.07, 6.45) is -2.79. The summed E-state index contributed by atoms with van der Waals surface area (Å²) in [7, 11) is 0.